The number of benzene rings is 1. The van der Waals surface area contributed by atoms with Crippen LogP contribution in [0.2, 0.25) is 0 Å². The van der Waals surface area contributed by atoms with Crippen molar-refractivity contribution in [3.8, 4) is 11.3 Å². The first-order valence-corrected chi connectivity index (χ1v) is 9.49. The van der Waals surface area contributed by atoms with E-state index in [0.717, 1.165) is 61.6 Å². The van der Waals surface area contributed by atoms with E-state index in [9.17, 15) is 0 Å². The Labute approximate surface area is 159 Å². The highest BCUT2D eigenvalue weighted by molar-refractivity contribution is 5.55. The molecule has 0 atom stereocenters. The van der Waals surface area contributed by atoms with Crippen LogP contribution in [0.4, 0.5) is 5.95 Å². The molecule has 0 N–H and O–H groups in total. The zero-order valence-electron chi connectivity index (χ0n) is 15.9. The number of piperazine rings is 1. The topological polar surface area (TPSA) is 58.3 Å². The summed E-state index contributed by atoms with van der Waals surface area (Å²) in [7, 11) is 0. The number of rotatable bonds is 5. The van der Waals surface area contributed by atoms with Crippen molar-refractivity contribution in [1.82, 2.24) is 19.9 Å². The normalized spacial score (nSPS) is 15.4. The molecule has 27 heavy (non-hydrogen) atoms. The van der Waals surface area contributed by atoms with E-state index in [2.05, 4.69) is 33.6 Å². The quantitative estimate of drug-likeness (QED) is 0.691. The molecule has 1 saturated heterocycles. The van der Waals surface area contributed by atoms with Crippen molar-refractivity contribution in [2.45, 2.75) is 26.3 Å². The van der Waals surface area contributed by atoms with E-state index in [0.29, 0.717) is 5.92 Å². The summed E-state index contributed by atoms with van der Waals surface area (Å²) in [6.45, 7) is 8.75. The molecule has 140 valence electrons. The Kier molecular flexibility index (Phi) is 5.16. The number of hydrogen-bond acceptors (Lipinski definition) is 6. The average Bonchev–Trinajstić information content (AvgIpc) is 3.18. The Morgan fingerprint density at radius 3 is 2.52 bits per heavy atom. The molecule has 4 rings (SSSR count). The van der Waals surface area contributed by atoms with Crippen molar-refractivity contribution < 1.29 is 4.42 Å². The summed E-state index contributed by atoms with van der Waals surface area (Å²) in [5, 5.41) is 0. The minimum absolute atomic E-state index is 0.414. The average molecular weight is 363 g/mol. The van der Waals surface area contributed by atoms with Crippen LogP contribution in [-0.2, 0) is 6.54 Å². The molecule has 1 aliphatic heterocycles. The molecule has 0 amide bonds. The van der Waals surface area contributed by atoms with Gasteiger partial charge in [0.15, 0.2) is 5.76 Å². The third kappa shape index (κ3) is 4.17. The highest BCUT2D eigenvalue weighted by Crippen LogP contribution is 2.21. The zero-order chi connectivity index (χ0) is 18.6. The van der Waals surface area contributed by atoms with E-state index in [4.69, 9.17) is 9.40 Å². The van der Waals surface area contributed by atoms with Crippen molar-refractivity contribution in [3.63, 3.8) is 0 Å². The maximum Gasteiger partial charge on any atom is 0.225 e. The molecule has 0 unspecified atom stereocenters. The van der Waals surface area contributed by atoms with Crippen LogP contribution < -0.4 is 4.90 Å². The molecule has 1 aliphatic rings. The van der Waals surface area contributed by atoms with Gasteiger partial charge in [-0.15, -0.1) is 0 Å². The summed E-state index contributed by atoms with van der Waals surface area (Å²) >= 11 is 0. The Balaban J connectivity index is 1.35. The molecular weight excluding hydrogens is 338 g/mol. The van der Waals surface area contributed by atoms with Crippen molar-refractivity contribution in [2.75, 3.05) is 31.1 Å². The van der Waals surface area contributed by atoms with E-state index < -0.39 is 0 Å². The highest BCUT2D eigenvalue weighted by Gasteiger charge is 2.21. The van der Waals surface area contributed by atoms with Gasteiger partial charge in [-0.3, -0.25) is 4.90 Å². The van der Waals surface area contributed by atoms with Gasteiger partial charge in [0.25, 0.3) is 0 Å². The predicted molar refractivity (Wildman–Crippen MR) is 106 cm³/mol. The fourth-order valence-electron chi connectivity index (χ4n) is 3.25. The van der Waals surface area contributed by atoms with Crippen molar-refractivity contribution in [3.05, 3.63) is 60.4 Å². The number of hydrogen-bond donors (Lipinski definition) is 0. The molecule has 1 aromatic carbocycles. The molecule has 0 aliphatic carbocycles. The van der Waals surface area contributed by atoms with Crippen LogP contribution in [0.25, 0.3) is 11.3 Å². The molecule has 6 heteroatoms. The Morgan fingerprint density at radius 1 is 1.00 bits per heavy atom. The van der Waals surface area contributed by atoms with Gasteiger partial charge in [-0.1, -0.05) is 44.2 Å². The lowest BCUT2D eigenvalue weighted by atomic mass is 10.1. The molecule has 6 nitrogen and oxygen atoms in total. The second-order valence-electron chi connectivity index (χ2n) is 7.18. The predicted octanol–water partition coefficient (Wildman–Crippen LogP) is 3.58. The van der Waals surface area contributed by atoms with Crippen LogP contribution in [-0.4, -0.2) is 46.0 Å². The van der Waals surface area contributed by atoms with Gasteiger partial charge in [0.2, 0.25) is 11.8 Å². The molecule has 3 heterocycles. The van der Waals surface area contributed by atoms with E-state index in [1.807, 2.05) is 48.8 Å². The molecule has 2 aromatic heterocycles. The third-order valence-electron chi connectivity index (χ3n) is 4.88. The van der Waals surface area contributed by atoms with Crippen LogP contribution >= 0.6 is 0 Å². The zero-order valence-corrected chi connectivity index (χ0v) is 15.9. The molecular formula is C21H25N5O. The SMILES string of the molecule is CC(C)c1ccnc(N2CCN(Cc3ncc(-c4ccccc4)o3)CC2)n1. The van der Waals surface area contributed by atoms with Crippen LogP contribution in [0.15, 0.2) is 53.2 Å². The number of anilines is 1. The van der Waals surface area contributed by atoms with Crippen molar-refractivity contribution in [2.24, 2.45) is 0 Å². The van der Waals surface area contributed by atoms with Gasteiger partial charge in [-0.25, -0.2) is 15.0 Å². The fraction of sp³-hybridized carbons (Fsp3) is 0.381. The standard InChI is InChI=1S/C21H25N5O/c1-16(2)18-8-9-22-21(24-18)26-12-10-25(11-13-26)15-20-23-14-19(27-20)17-6-4-3-5-7-17/h3-9,14,16H,10-13,15H2,1-2H3. The fourth-order valence-corrected chi connectivity index (χ4v) is 3.25. The minimum atomic E-state index is 0.414. The lowest BCUT2D eigenvalue weighted by Crippen LogP contribution is -2.46. The summed E-state index contributed by atoms with van der Waals surface area (Å²) < 4.78 is 5.93. The van der Waals surface area contributed by atoms with Gasteiger partial charge >= 0.3 is 0 Å². The first-order chi connectivity index (χ1) is 13.2. The number of aromatic nitrogens is 3. The van der Waals surface area contributed by atoms with E-state index in [1.165, 1.54) is 0 Å². The summed E-state index contributed by atoms with van der Waals surface area (Å²) in [4.78, 5) is 18.2. The number of oxazole rings is 1. The summed E-state index contributed by atoms with van der Waals surface area (Å²) in [6, 6.07) is 12.1. The van der Waals surface area contributed by atoms with Gasteiger partial charge in [0, 0.05) is 43.6 Å². The minimum Gasteiger partial charge on any atom is -0.439 e. The Bertz CT molecular complexity index is 869. The first kappa shape index (κ1) is 17.7. The molecule has 3 aromatic rings. The van der Waals surface area contributed by atoms with Gasteiger partial charge in [0.05, 0.1) is 12.7 Å². The van der Waals surface area contributed by atoms with Crippen molar-refractivity contribution >= 4 is 5.95 Å². The lowest BCUT2D eigenvalue weighted by Gasteiger charge is -2.34. The monoisotopic (exact) mass is 363 g/mol. The van der Waals surface area contributed by atoms with E-state index in [1.54, 1.807) is 0 Å². The maximum atomic E-state index is 5.93. The Morgan fingerprint density at radius 2 is 1.78 bits per heavy atom. The van der Waals surface area contributed by atoms with Crippen LogP contribution in [0.5, 0.6) is 0 Å². The summed E-state index contributed by atoms with van der Waals surface area (Å²) in [6.07, 6.45) is 3.67. The first-order valence-electron chi connectivity index (χ1n) is 9.49. The summed E-state index contributed by atoms with van der Waals surface area (Å²) in [5.74, 6) is 2.84. The second-order valence-corrected chi connectivity index (χ2v) is 7.18. The molecule has 0 radical (unpaired) electrons. The van der Waals surface area contributed by atoms with Gasteiger partial charge in [0.1, 0.15) is 0 Å². The largest absolute Gasteiger partial charge is 0.439 e. The van der Waals surface area contributed by atoms with E-state index >= 15 is 0 Å². The molecule has 0 saturated carbocycles. The third-order valence-corrected chi connectivity index (χ3v) is 4.88. The highest BCUT2D eigenvalue weighted by atomic mass is 16.4. The second kappa shape index (κ2) is 7.88. The smallest absolute Gasteiger partial charge is 0.225 e. The maximum absolute atomic E-state index is 5.93. The molecule has 0 bridgehead atoms. The lowest BCUT2D eigenvalue weighted by molar-refractivity contribution is 0.226. The van der Waals surface area contributed by atoms with Crippen LogP contribution in [0.1, 0.15) is 31.4 Å². The van der Waals surface area contributed by atoms with Crippen LogP contribution in [0, 0.1) is 0 Å². The van der Waals surface area contributed by atoms with Crippen molar-refractivity contribution in [1.29, 1.82) is 0 Å². The van der Waals surface area contributed by atoms with Gasteiger partial charge < -0.3 is 9.32 Å². The molecule has 1 fully saturated rings. The number of nitrogens with zero attached hydrogens (tertiary/aromatic N) is 5. The van der Waals surface area contributed by atoms with Crippen LogP contribution in [0.3, 0.4) is 0 Å². The van der Waals surface area contributed by atoms with Gasteiger partial charge in [-0.2, -0.15) is 0 Å². The Hall–Kier alpha value is -2.73. The van der Waals surface area contributed by atoms with Gasteiger partial charge in [-0.05, 0) is 12.0 Å². The summed E-state index contributed by atoms with van der Waals surface area (Å²) in [5.41, 5.74) is 2.15. The van der Waals surface area contributed by atoms with E-state index in [-0.39, 0.29) is 0 Å². The molecule has 0 spiro atoms.